The normalized spacial score (nSPS) is 33.2. The van der Waals surface area contributed by atoms with Crippen LogP contribution in [0.5, 0.6) is 0 Å². The van der Waals surface area contributed by atoms with E-state index in [2.05, 4.69) is 19.2 Å². The van der Waals surface area contributed by atoms with Crippen molar-refractivity contribution in [1.29, 1.82) is 0 Å². The summed E-state index contributed by atoms with van der Waals surface area (Å²) < 4.78 is 0. The van der Waals surface area contributed by atoms with Crippen LogP contribution in [0.15, 0.2) is 0 Å². The third-order valence-corrected chi connectivity index (χ3v) is 5.24. The molecule has 0 saturated heterocycles. The van der Waals surface area contributed by atoms with E-state index in [9.17, 15) is 4.79 Å². The molecule has 3 N–H and O–H groups in total. The first kappa shape index (κ1) is 13.9. The third kappa shape index (κ3) is 2.42. The fourth-order valence-electron chi connectivity index (χ4n) is 3.91. The van der Waals surface area contributed by atoms with Crippen molar-refractivity contribution < 1.29 is 4.79 Å². The molecule has 2 aliphatic carbocycles. The van der Waals surface area contributed by atoms with Gasteiger partial charge in [-0.15, -0.1) is 0 Å². The molecule has 2 rings (SSSR count). The molecule has 2 aliphatic rings. The molecular formula is C15H28N2O. The van der Waals surface area contributed by atoms with Crippen LogP contribution in [0.1, 0.15) is 71.6 Å². The molecule has 2 saturated carbocycles. The molecule has 3 nitrogen and oxygen atoms in total. The lowest BCUT2D eigenvalue weighted by Gasteiger charge is -2.42. The van der Waals surface area contributed by atoms with Crippen LogP contribution in [0.4, 0.5) is 0 Å². The van der Waals surface area contributed by atoms with Crippen LogP contribution >= 0.6 is 0 Å². The number of primary amides is 1. The van der Waals surface area contributed by atoms with E-state index in [4.69, 9.17) is 5.73 Å². The molecule has 0 spiro atoms. The lowest BCUT2D eigenvalue weighted by atomic mass is 9.73. The summed E-state index contributed by atoms with van der Waals surface area (Å²) in [6.45, 7) is 4.38. The minimum atomic E-state index is -0.470. The van der Waals surface area contributed by atoms with E-state index in [1.54, 1.807) is 0 Å². The van der Waals surface area contributed by atoms with Crippen LogP contribution in [0.3, 0.4) is 0 Å². The zero-order valence-corrected chi connectivity index (χ0v) is 11.9. The minimum absolute atomic E-state index is 0.00879. The Bertz CT molecular complexity index is 306. The van der Waals surface area contributed by atoms with Crippen LogP contribution in [-0.2, 0) is 4.79 Å². The molecule has 0 aromatic rings. The predicted octanol–water partition coefficient (Wildman–Crippen LogP) is 2.73. The molecule has 0 radical (unpaired) electrons. The van der Waals surface area contributed by atoms with Gasteiger partial charge in [-0.3, -0.25) is 4.79 Å². The fraction of sp³-hybridized carbons (Fsp3) is 0.933. The first-order valence-electron chi connectivity index (χ1n) is 7.56. The predicted molar refractivity (Wildman–Crippen MR) is 74.2 cm³/mol. The molecular weight excluding hydrogens is 224 g/mol. The van der Waals surface area contributed by atoms with Crippen LogP contribution in [0.2, 0.25) is 0 Å². The highest BCUT2D eigenvalue weighted by molar-refractivity contribution is 5.86. The van der Waals surface area contributed by atoms with Gasteiger partial charge in [0.25, 0.3) is 0 Å². The Labute approximate surface area is 111 Å². The maximum atomic E-state index is 12.1. The van der Waals surface area contributed by atoms with Gasteiger partial charge >= 0.3 is 0 Å². The summed E-state index contributed by atoms with van der Waals surface area (Å²) in [6, 6.07) is 0.484. The summed E-state index contributed by atoms with van der Waals surface area (Å²) in [5.74, 6) is -0.144. The van der Waals surface area contributed by atoms with Crippen molar-refractivity contribution in [2.45, 2.75) is 83.2 Å². The van der Waals surface area contributed by atoms with E-state index < -0.39 is 5.54 Å². The van der Waals surface area contributed by atoms with Crippen molar-refractivity contribution in [2.24, 2.45) is 11.1 Å². The van der Waals surface area contributed by atoms with Gasteiger partial charge in [-0.1, -0.05) is 46.0 Å². The highest BCUT2D eigenvalue weighted by Crippen LogP contribution is 2.46. The van der Waals surface area contributed by atoms with Crippen molar-refractivity contribution >= 4 is 5.91 Å². The fourth-order valence-corrected chi connectivity index (χ4v) is 3.91. The van der Waals surface area contributed by atoms with Gasteiger partial charge < -0.3 is 11.1 Å². The van der Waals surface area contributed by atoms with Gasteiger partial charge in [0.2, 0.25) is 5.91 Å². The molecule has 3 heteroatoms. The van der Waals surface area contributed by atoms with E-state index in [-0.39, 0.29) is 11.3 Å². The standard InChI is InChI=1S/C15H28N2O/c1-14(2)10-7-11-15(14,13(16)18)17-12-8-5-3-4-6-9-12/h12,17H,3-11H2,1-2H3,(H2,16,18). The second kappa shape index (κ2) is 5.20. The van der Waals surface area contributed by atoms with Gasteiger partial charge in [-0.2, -0.15) is 0 Å². The van der Waals surface area contributed by atoms with Crippen LogP contribution in [0.25, 0.3) is 0 Å². The average Bonchev–Trinajstić information content (AvgIpc) is 2.50. The Hall–Kier alpha value is -0.570. The number of hydrogen-bond donors (Lipinski definition) is 2. The Kier molecular flexibility index (Phi) is 4.00. The van der Waals surface area contributed by atoms with Gasteiger partial charge in [0.1, 0.15) is 5.54 Å². The molecule has 104 valence electrons. The number of nitrogens with two attached hydrogens (primary N) is 1. The highest BCUT2D eigenvalue weighted by atomic mass is 16.1. The van der Waals surface area contributed by atoms with Gasteiger partial charge in [0.05, 0.1) is 0 Å². The molecule has 1 amide bonds. The summed E-state index contributed by atoms with van der Waals surface area (Å²) in [4.78, 5) is 12.1. The maximum absolute atomic E-state index is 12.1. The second-order valence-corrected chi connectivity index (χ2v) is 6.84. The molecule has 2 fully saturated rings. The highest BCUT2D eigenvalue weighted by Gasteiger charge is 2.53. The smallest absolute Gasteiger partial charge is 0.238 e. The van der Waals surface area contributed by atoms with Gasteiger partial charge in [0.15, 0.2) is 0 Å². The average molecular weight is 252 g/mol. The minimum Gasteiger partial charge on any atom is -0.368 e. The van der Waals surface area contributed by atoms with Crippen molar-refractivity contribution in [2.75, 3.05) is 0 Å². The Morgan fingerprint density at radius 1 is 1.06 bits per heavy atom. The summed E-state index contributed by atoms with van der Waals surface area (Å²) in [6.07, 6.45) is 10.8. The molecule has 0 aromatic carbocycles. The molecule has 1 atom stereocenters. The molecule has 0 bridgehead atoms. The van der Waals surface area contributed by atoms with Crippen LogP contribution in [-0.4, -0.2) is 17.5 Å². The zero-order chi connectivity index (χ0) is 13.2. The lowest BCUT2D eigenvalue weighted by Crippen LogP contribution is -2.63. The van der Waals surface area contributed by atoms with Crippen LogP contribution in [0, 0.1) is 5.41 Å². The van der Waals surface area contributed by atoms with Gasteiger partial charge in [-0.05, 0) is 31.1 Å². The SMILES string of the molecule is CC1(C)CCCC1(NC1CCCCCC1)C(N)=O. The number of carbonyl (C=O) groups excluding carboxylic acids is 1. The topological polar surface area (TPSA) is 55.1 Å². The van der Waals surface area contributed by atoms with Crippen molar-refractivity contribution in [3.63, 3.8) is 0 Å². The number of nitrogens with one attached hydrogen (secondary N) is 1. The Morgan fingerprint density at radius 2 is 1.67 bits per heavy atom. The number of carbonyl (C=O) groups is 1. The quantitative estimate of drug-likeness (QED) is 0.759. The van der Waals surface area contributed by atoms with Crippen molar-refractivity contribution in [1.82, 2.24) is 5.32 Å². The molecule has 18 heavy (non-hydrogen) atoms. The molecule has 1 unspecified atom stereocenters. The third-order valence-electron chi connectivity index (χ3n) is 5.24. The van der Waals surface area contributed by atoms with Gasteiger partial charge in [0, 0.05) is 6.04 Å². The lowest BCUT2D eigenvalue weighted by molar-refractivity contribution is -0.128. The molecule has 0 heterocycles. The van der Waals surface area contributed by atoms with E-state index in [0.29, 0.717) is 6.04 Å². The van der Waals surface area contributed by atoms with E-state index in [0.717, 1.165) is 19.3 Å². The first-order valence-corrected chi connectivity index (χ1v) is 7.56. The van der Waals surface area contributed by atoms with E-state index in [1.807, 2.05) is 0 Å². The Balaban J connectivity index is 2.13. The Morgan fingerprint density at radius 3 is 2.11 bits per heavy atom. The number of amides is 1. The summed E-state index contributed by atoms with van der Waals surface area (Å²) in [7, 11) is 0. The number of rotatable bonds is 3. The van der Waals surface area contributed by atoms with Crippen LogP contribution < -0.4 is 11.1 Å². The monoisotopic (exact) mass is 252 g/mol. The van der Waals surface area contributed by atoms with Crippen molar-refractivity contribution in [3.05, 3.63) is 0 Å². The molecule has 0 aliphatic heterocycles. The van der Waals surface area contributed by atoms with E-state index in [1.165, 1.54) is 38.5 Å². The summed E-state index contributed by atoms with van der Waals surface area (Å²) in [5.41, 5.74) is 5.28. The first-order chi connectivity index (χ1) is 8.48. The van der Waals surface area contributed by atoms with E-state index >= 15 is 0 Å². The maximum Gasteiger partial charge on any atom is 0.238 e. The summed E-state index contributed by atoms with van der Waals surface area (Å²) in [5, 5.41) is 3.69. The van der Waals surface area contributed by atoms with Crippen molar-refractivity contribution in [3.8, 4) is 0 Å². The molecule has 0 aromatic heterocycles. The largest absolute Gasteiger partial charge is 0.368 e. The zero-order valence-electron chi connectivity index (χ0n) is 11.9. The summed E-state index contributed by atoms with van der Waals surface area (Å²) >= 11 is 0. The van der Waals surface area contributed by atoms with Gasteiger partial charge in [-0.25, -0.2) is 0 Å². The second-order valence-electron chi connectivity index (χ2n) is 6.84. The number of hydrogen-bond acceptors (Lipinski definition) is 2.